The molecule has 4 rings (SSSR count). The summed E-state index contributed by atoms with van der Waals surface area (Å²) >= 11 is 0. The zero-order chi connectivity index (χ0) is 21.6. The standard InChI is InChI=1S/C22H23N5O3/c1-25-20(28)18(21(29)26(2)22(25)30)17(16(11-23)12-24)15-9-13-5-3-7-27-8-4-6-14(10-15)19(13)27/h9-10,16-17,28H,3-8H2,1-2H3/p-1. The molecule has 8 nitrogen and oxygen atoms in total. The van der Waals surface area contributed by atoms with Gasteiger partial charge in [0, 0.05) is 44.4 Å². The summed E-state index contributed by atoms with van der Waals surface area (Å²) in [6.45, 7) is 2.02. The van der Waals surface area contributed by atoms with Gasteiger partial charge in [0.25, 0.3) is 5.56 Å². The number of hydrogen-bond donors (Lipinski definition) is 0. The van der Waals surface area contributed by atoms with E-state index in [-0.39, 0.29) is 5.56 Å². The Morgan fingerprint density at radius 1 is 1.00 bits per heavy atom. The van der Waals surface area contributed by atoms with Crippen LogP contribution in [-0.2, 0) is 26.9 Å². The van der Waals surface area contributed by atoms with Gasteiger partial charge in [-0.05, 0) is 48.3 Å². The van der Waals surface area contributed by atoms with E-state index >= 15 is 0 Å². The Labute approximate surface area is 173 Å². The molecule has 2 aliphatic rings. The fourth-order valence-corrected chi connectivity index (χ4v) is 4.83. The van der Waals surface area contributed by atoms with E-state index in [1.54, 1.807) is 0 Å². The Morgan fingerprint density at radius 3 is 2.10 bits per heavy atom. The molecule has 0 saturated carbocycles. The van der Waals surface area contributed by atoms with E-state index in [9.17, 15) is 25.2 Å². The molecule has 1 atom stereocenters. The van der Waals surface area contributed by atoms with Crippen molar-refractivity contribution in [2.75, 3.05) is 18.0 Å². The van der Waals surface area contributed by atoms with Gasteiger partial charge < -0.3 is 14.6 Å². The zero-order valence-electron chi connectivity index (χ0n) is 17.0. The molecule has 8 heteroatoms. The van der Waals surface area contributed by atoms with Crippen molar-refractivity contribution in [3.63, 3.8) is 0 Å². The lowest BCUT2D eigenvalue weighted by atomic mass is 9.79. The normalized spacial score (nSPS) is 16.0. The molecular weight excluding hydrogens is 382 g/mol. The predicted octanol–water partition coefficient (Wildman–Crippen LogP) is 0.652. The van der Waals surface area contributed by atoms with Crippen LogP contribution in [0.4, 0.5) is 5.69 Å². The molecule has 0 bridgehead atoms. The van der Waals surface area contributed by atoms with Crippen molar-refractivity contribution in [3.05, 3.63) is 55.2 Å². The van der Waals surface area contributed by atoms with Gasteiger partial charge in [-0.15, -0.1) is 0 Å². The Hall–Kier alpha value is -3.52. The van der Waals surface area contributed by atoms with Crippen LogP contribution in [0.1, 0.15) is 41.0 Å². The van der Waals surface area contributed by atoms with Crippen LogP contribution in [0.2, 0.25) is 0 Å². The van der Waals surface area contributed by atoms with Gasteiger partial charge in [-0.2, -0.15) is 10.5 Å². The second-order valence-electron chi connectivity index (χ2n) is 8.02. The third kappa shape index (κ3) is 2.88. The smallest absolute Gasteiger partial charge is 0.329 e. The largest absolute Gasteiger partial charge is 0.860 e. The molecule has 2 aliphatic heterocycles. The minimum atomic E-state index is -1.23. The van der Waals surface area contributed by atoms with Crippen LogP contribution in [-0.4, -0.2) is 22.2 Å². The summed E-state index contributed by atoms with van der Waals surface area (Å²) in [6, 6.07) is 7.78. The summed E-state index contributed by atoms with van der Waals surface area (Å²) in [5, 5.41) is 32.2. The molecule has 0 amide bonds. The van der Waals surface area contributed by atoms with Crippen molar-refractivity contribution in [1.29, 1.82) is 10.5 Å². The summed E-state index contributed by atoms with van der Waals surface area (Å²) < 4.78 is 1.72. The first-order valence-corrected chi connectivity index (χ1v) is 10.1. The zero-order valence-corrected chi connectivity index (χ0v) is 17.0. The van der Waals surface area contributed by atoms with Crippen LogP contribution in [0.15, 0.2) is 21.7 Å². The second-order valence-corrected chi connectivity index (χ2v) is 8.02. The van der Waals surface area contributed by atoms with E-state index in [2.05, 4.69) is 4.90 Å². The van der Waals surface area contributed by atoms with Crippen LogP contribution < -0.4 is 21.3 Å². The van der Waals surface area contributed by atoms with Crippen molar-refractivity contribution in [1.82, 2.24) is 9.13 Å². The molecule has 30 heavy (non-hydrogen) atoms. The topological polar surface area (TPSA) is 118 Å². The van der Waals surface area contributed by atoms with Gasteiger partial charge in [-0.25, -0.2) is 4.79 Å². The molecule has 0 spiro atoms. The Morgan fingerprint density at radius 2 is 1.57 bits per heavy atom. The van der Waals surface area contributed by atoms with Crippen LogP contribution >= 0.6 is 0 Å². The first-order valence-electron chi connectivity index (χ1n) is 10.1. The van der Waals surface area contributed by atoms with Crippen molar-refractivity contribution >= 4 is 5.69 Å². The van der Waals surface area contributed by atoms with E-state index in [0.717, 1.165) is 59.0 Å². The van der Waals surface area contributed by atoms with Crippen LogP contribution in [0, 0.1) is 28.6 Å². The number of rotatable bonds is 3. The highest BCUT2D eigenvalue weighted by Gasteiger charge is 2.32. The number of hydrogen-bond acceptors (Lipinski definition) is 6. The molecule has 2 aromatic rings. The number of benzene rings is 1. The minimum Gasteiger partial charge on any atom is -0.860 e. The monoisotopic (exact) mass is 404 g/mol. The number of anilines is 1. The SMILES string of the molecule is Cn1c([O-])c(C(c2cc3c4c(c2)CCCN4CCC3)C(C#N)C#N)c(=O)n(C)c1=O. The number of aromatic nitrogens is 2. The van der Waals surface area contributed by atoms with E-state index in [1.807, 2.05) is 24.3 Å². The Bertz CT molecular complexity index is 1180. The van der Waals surface area contributed by atoms with E-state index < -0.39 is 29.0 Å². The highest BCUT2D eigenvalue weighted by atomic mass is 16.3. The highest BCUT2D eigenvalue weighted by Crippen LogP contribution is 2.41. The van der Waals surface area contributed by atoms with Crippen LogP contribution in [0.3, 0.4) is 0 Å². The third-order valence-electron chi connectivity index (χ3n) is 6.28. The number of nitriles is 2. The molecule has 1 unspecified atom stereocenters. The molecule has 1 aromatic carbocycles. The maximum atomic E-state index is 12.9. The molecule has 0 saturated heterocycles. The lowest BCUT2D eigenvalue weighted by Crippen LogP contribution is -2.42. The van der Waals surface area contributed by atoms with Crippen molar-refractivity contribution in [2.45, 2.75) is 31.6 Å². The van der Waals surface area contributed by atoms with Crippen LogP contribution in [0.25, 0.3) is 0 Å². The maximum absolute atomic E-state index is 12.9. The summed E-state index contributed by atoms with van der Waals surface area (Å²) in [5.41, 5.74) is 2.41. The van der Waals surface area contributed by atoms with Gasteiger partial charge in [-0.1, -0.05) is 12.1 Å². The number of aryl methyl sites for hydroxylation is 2. The van der Waals surface area contributed by atoms with Crippen molar-refractivity contribution < 1.29 is 5.11 Å². The molecule has 0 N–H and O–H groups in total. The molecule has 1 aromatic heterocycles. The van der Waals surface area contributed by atoms with E-state index in [1.165, 1.54) is 19.8 Å². The fourth-order valence-electron chi connectivity index (χ4n) is 4.83. The van der Waals surface area contributed by atoms with Gasteiger partial charge >= 0.3 is 5.69 Å². The minimum absolute atomic E-state index is 0.205. The highest BCUT2D eigenvalue weighted by molar-refractivity contribution is 5.65. The first kappa shape index (κ1) is 19.8. The molecule has 154 valence electrons. The number of nitrogens with zero attached hydrogens (tertiary/aromatic N) is 5. The maximum Gasteiger partial charge on any atom is 0.329 e. The van der Waals surface area contributed by atoms with Gasteiger partial charge in [0.05, 0.1) is 12.1 Å². The molecular formula is C22H22N5O3-. The summed E-state index contributed by atoms with van der Waals surface area (Å²) in [5.74, 6) is -3.00. The third-order valence-corrected chi connectivity index (χ3v) is 6.28. The van der Waals surface area contributed by atoms with E-state index in [4.69, 9.17) is 0 Å². The quantitative estimate of drug-likeness (QED) is 0.741. The summed E-state index contributed by atoms with van der Waals surface area (Å²) in [6.07, 6.45) is 3.77. The summed E-state index contributed by atoms with van der Waals surface area (Å²) in [7, 11) is 2.60. The fraction of sp³-hybridized carbons (Fsp3) is 0.455. The molecule has 3 heterocycles. The average Bonchev–Trinajstić information content (AvgIpc) is 2.76. The lowest BCUT2D eigenvalue weighted by Gasteiger charge is -2.38. The van der Waals surface area contributed by atoms with Crippen molar-refractivity contribution in [3.8, 4) is 18.0 Å². The summed E-state index contributed by atoms with van der Waals surface area (Å²) in [4.78, 5) is 27.5. The Kier molecular flexibility index (Phi) is 4.87. The molecule has 0 aliphatic carbocycles. The van der Waals surface area contributed by atoms with Gasteiger partial charge in [0.1, 0.15) is 5.92 Å². The first-order chi connectivity index (χ1) is 14.4. The van der Waals surface area contributed by atoms with Crippen molar-refractivity contribution in [2.24, 2.45) is 20.0 Å². The Balaban J connectivity index is 2.01. The second kappa shape index (κ2) is 7.38. The van der Waals surface area contributed by atoms with Crippen LogP contribution in [0.5, 0.6) is 5.88 Å². The van der Waals surface area contributed by atoms with Gasteiger partial charge in [0.2, 0.25) is 0 Å². The van der Waals surface area contributed by atoms with Gasteiger partial charge in [0.15, 0.2) is 0 Å². The average molecular weight is 404 g/mol. The predicted molar refractivity (Wildman–Crippen MR) is 108 cm³/mol. The van der Waals surface area contributed by atoms with E-state index in [0.29, 0.717) is 5.56 Å². The molecule has 0 fully saturated rings. The van der Waals surface area contributed by atoms with Gasteiger partial charge in [-0.3, -0.25) is 9.36 Å². The molecule has 0 radical (unpaired) electrons. The lowest BCUT2D eigenvalue weighted by molar-refractivity contribution is -0.281.